The molecule has 100 valence electrons. The summed E-state index contributed by atoms with van der Waals surface area (Å²) in [5, 5.41) is 3.46. The second-order valence-corrected chi connectivity index (χ2v) is 4.87. The van der Waals surface area contributed by atoms with E-state index in [1.165, 1.54) is 0 Å². The van der Waals surface area contributed by atoms with Gasteiger partial charge in [-0.3, -0.25) is 4.90 Å². The molecule has 1 fully saturated rings. The summed E-state index contributed by atoms with van der Waals surface area (Å²) in [6.07, 6.45) is 7.34. The van der Waals surface area contributed by atoms with Gasteiger partial charge in [-0.05, 0) is 31.0 Å². The van der Waals surface area contributed by atoms with Gasteiger partial charge in [-0.25, -0.2) is 9.97 Å². The molecule has 0 atom stereocenters. The number of aromatic nitrogens is 2. The highest BCUT2D eigenvalue weighted by atomic mass is 16.3. The molecular weight excluding hydrogens is 240 g/mol. The lowest BCUT2D eigenvalue weighted by atomic mass is 10.0. The van der Waals surface area contributed by atoms with Gasteiger partial charge in [0.1, 0.15) is 17.9 Å². The predicted octanol–water partition coefficient (Wildman–Crippen LogP) is 2.15. The number of likely N-dealkylation sites (tertiary alicyclic amines) is 1. The third-order valence-electron chi connectivity index (χ3n) is 3.48. The largest absolute Gasteiger partial charge is 0.468 e. The second kappa shape index (κ2) is 5.84. The standard InChI is InChI=1S/C14H18N4O/c1-2-13(19-9-1)10-18-7-4-12(5-8-18)17-14-3-6-15-11-16-14/h1-3,6,9,11-12H,4-5,7-8,10H2,(H,15,16,17). The van der Waals surface area contributed by atoms with Gasteiger partial charge in [0.15, 0.2) is 0 Å². The van der Waals surface area contributed by atoms with E-state index in [2.05, 4.69) is 20.2 Å². The molecule has 3 rings (SSSR count). The minimum absolute atomic E-state index is 0.503. The van der Waals surface area contributed by atoms with Crippen LogP contribution < -0.4 is 5.32 Å². The van der Waals surface area contributed by atoms with Crippen molar-refractivity contribution in [1.29, 1.82) is 0 Å². The van der Waals surface area contributed by atoms with Gasteiger partial charge in [0.05, 0.1) is 12.8 Å². The van der Waals surface area contributed by atoms with Crippen molar-refractivity contribution >= 4 is 5.82 Å². The van der Waals surface area contributed by atoms with Crippen molar-refractivity contribution in [2.75, 3.05) is 18.4 Å². The Kier molecular flexibility index (Phi) is 3.74. The first kappa shape index (κ1) is 12.2. The van der Waals surface area contributed by atoms with Crippen molar-refractivity contribution in [3.8, 4) is 0 Å². The van der Waals surface area contributed by atoms with E-state index in [1.54, 1.807) is 18.8 Å². The van der Waals surface area contributed by atoms with E-state index in [1.807, 2.05) is 18.2 Å². The number of piperidine rings is 1. The first-order valence-corrected chi connectivity index (χ1v) is 6.67. The molecule has 0 bridgehead atoms. The monoisotopic (exact) mass is 258 g/mol. The Morgan fingerprint density at radius 1 is 1.32 bits per heavy atom. The van der Waals surface area contributed by atoms with Gasteiger partial charge in [-0.1, -0.05) is 0 Å². The summed E-state index contributed by atoms with van der Waals surface area (Å²) >= 11 is 0. The van der Waals surface area contributed by atoms with Crippen LogP contribution in [0.4, 0.5) is 5.82 Å². The number of hydrogen-bond acceptors (Lipinski definition) is 5. The van der Waals surface area contributed by atoms with Crippen LogP contribution in [0.3, 0.4) is 0 Å². The molecule has 3 heterocycles. The van der Waals surface area contributed by atoms with Crippen molar-refractivity contribution < 1.29 is 4.42 Å². The molecule has 0 spiro atoms. The molecule has 1 saturated heterocycles. The molecule has 2 aromatic heterocycles. The molecule has 0 radical (unpaired) electrons. The lowest BCUT2D eigenvalue weighted by Crippen LogP contribution is -2.38. The zero-order chi connectivity index (χ0) is 12.9. The second-order valence-electron chi connectivity index (χ2n) is 4.87. The smallest absolute Gasteiger partial charge is 0.129 e. The number of nitrogens with one attached hydrogen (secondary N) is 1. The lowest BCUT2D eigenvalue weighted by Gasteiger charge is -2.31. The minimum atomic E-state index is 0.503. The Bertz CT molecular complexity index is 477. The van der Waals surface area contributed by atoms with Gasteiger partial charge >= 0.3 is 0 Å². The molecule has 5 heteroatoms. The van der Waals surface area contributed by atoms with Crippen molar-refractivity contribution in [2.45, 2.75) is 25.4 Å². The molecule has 0 aliphatic carbocycles. The number of rotatable bonds is 4. The van der Waals surface area contributed by atoms with E-state index >= 15 is 0 Å². The van der Waals surface area contributed by atoms with E-state index in [9.17, 15) is 0 Å². The van der Waals surface area contributed by atoms with Gasteiger partial charge in [0.2, 0.25) is 0 Å². The molecule has 0 aromatic carbocycles. The van der Waals surface area contributed by atoms with Crippen LogP contribution >= 0.6 is 0 Å². The fraction of sp³-hybridized carbons (Fsp3) is 0.429. The van der Waals surface area contributed by atoms with Gasteiger partial charge in [0.25, 0.3) is 0 Å². The van der Waals surface area contributed by atoms with Crippen LogP contribution in [-0.2, 0) is 6.54 Å². The molecule has 0 saturated carbocycles. The van der Waals surface area contributed by atoms with Crippen LogP contribution in [-0.4, -0.2) is 34.0 Å². The summed E-state index contributed by atoms with van der Waals surface area (Å²) in [6.45, 7) is 3.08. The Morgan fingerprint density at radius 2 is 2.21 bits per heavy atom. The molecule has 5 nitrogen and oxygen atoms in total. The topological polar surface area (TPSA) is 54.2 Å². The number of anilines is 1. The highest BCUT2D eigenvalue weighted by Gasteiger charge is 2.19. The molecule has 1 aliphatic rings. The third kappa shape index (κ3) is 3.32. The van der Waals surface area contributed by atoms with E-state index in [0.29, 0.717) is 6.04 Å². The quantitative estimate of drug-likeness (QED) is 0.910. The molecule has 0 unspecified atom stereocenters. The SMILES string of the molecule is c1coc(CN2CCC(Nc3ccncn3)CC2)c1. The van der Waals surface area contributed by atoms with Crippen LogP contribution in [0, 0.1) is 0 Å². The number of hydrogen-bond donors (Lipinski definition) is 1. The average Bonchev–Trinajstić information content (AvgIpc) is 2.95. The van der Waals surface area contributed by atoms with Crippen molar-refractivity contribution in [3.63, 3.8) is 0 Å². The third-order valence-corrected chi connectivity index (χ3v) is 3.48. The van der Waals surface area contributed by atoms with Crippen molar-refractivity contribution in [1.82, 2.24) is 14.9 Å². The number of nitrogens with zero attached hydrogens (tertiary/aromatic N) is 3. The van der Waals surface area contributed by atoms with Crippen molar-refractivity contribution in [2.24, 2.45) is 0 Å². The zero-order valence-electron chi connectivity index (χ0n) is 10.8. The molecule has 0 amide bonds. The fourth-order valence-electron chi connectivity index (χ4n) is 2.44. The van der Waals surface area contributed by atoms with Crippen molar-refractivity contribution in [3.05, 3.63) is 42.7 Å². The predicted molar refractivity (Wildman–Crippen MR) is 72.7 cm³/mol. The average molecular weight is 258 g/mol. The molecule has 1 aliphatic heterocycles. The summed E-state index contributed by atoms with van der Waals surface area (Å²) in [5.41, 5.74) is 0. The number of furan rings is 1. The summed E-state index contributed by atoms with van der Waals surface area (Å²) in [7, 11) is 0. The molecule has 2 aromatic rings. The molecule has 1 N–H and O–H groups in total. The molecule has 19 heavy (non-hydrogen) atoms. The lowest BCUT2D eigenvalue weighted by molar-refractivity contribution is 0.196. The van der Waals surface area contributed by atoms with Gasteiger partial charge < -0.3 is 9.73 Å². The summed E-state index contributed by atoms with van der Waals surface area (Å²) < 4.78 is 5.38. The maximum absolute atomic E-state index is 5.38. The van der Waals surface area contributed by atoms with E-state index in [0.717, 1.165) is 44.1 Å². The Morgan fingerprint density at radius 3 is 2.89 bits per heavy atom. The normalized spacial score (nSPS) is 17.5. The van der Waals surface area contributed by atoms with Crippen LogP contribution in [0.1, 0.15) is 18.6 Å². The van der Waals surface area contributed by atoms with Gasteiger partial charge in [-0.15, -0.1) is 0 Å². The minimum Gasteiger partial charge on any atom is -0.468 e. The first-order chi connectivity index (χ1) is 9.40. The first-order valence-electron chi connectivity index (χ1n) is 6.67. The Labute approximate surface area is 112 Å². The van der Waals surface area contributed by atoms with E-state index in [-0.39, 0.29) is 0 Å². The van der Waals surface area contributed by atoms with E-state index < -0.39 is 0 Å². The Hall–Kier alpha value is -1.88. The fourth-order valence-corrected chi connectivity index (χ4v) is 2.44. The summed E-state index contributed by atoms with van der Waals surface area (Å²) in [4.78, 5) is 10.6. The van der Waals surface area contributed by atoms with Gasteiger partial charge in [0, 0.05) is 25.3 Å². The zero-order valence-corrected chi connectivity index (χ0v) is 10.8. The Balaban J connectivity index is 1.47. The van der Waals surface area contributed by atoms with Gasteiger partial charge in [-0.2, -0.15) is 0 Å². The van der Waals surface area contributed by atoms with Crippen LogP contribution in [0.25, 0.3) is 0 Å². The van der Waals surface area contributed by atoms with Crippen LogP contribution in [0.5, 0.6) is 0 Å². The van der Waals surface area contributed by atoms with Crippen LogP contribution in [0.15, 0.2) is 41.4 Å². The summed E-state index contributed by atoms with van der Waals surface area (Å²) in [6, 6.07) is 6.39. The summed E-state index contributed by atoms with van der Waals surface area (Å²) in [5.74, 6) is 1.96. The molecular formula is C14H18N4O. The maximum Gasteiger partial charge on any atom is 0.129 e. The highest BCUT2D eigenvalue weighted by Crippen LogP contribution is 2.16. The maximum atomic E-state index is 5.38. The highest BCUT2D eigenvalue weighted by molar-refractivity contribution is 5.33. The van der Waals surface area contributed by atoms with Crippen LogP contribution in [0.2, 0.25) is 0 Å². The van der Waals surface area contributed by atoms with E-state index in [4.69, 9.17) is 4.42 Å².